The van der Waals surface area contributed by atoms with Crippen LogP contribution in [0.1, 0.15) is 88.1 Å². The van der Waals surface area contributed by atoms with E-state index in [1.807, 2.05) is 24.8 Å². The molecule has 0 aliphatic carbocycles. The molecule has 0 amide bonds. The van der Waals surface area contributed by atoms with Gasteiger partial charge in [-0.05, 0) is 88.7 Å². The molecule has 0 spiro atoms. The predicted molar refractivity (Wildman–Crippen MR) is 145 cm³/mol. The van der Waals surface area contributed by atoms with E-state index in [0.717, 1.165) is 49.8 Å². The molecule has 1 aliphatic rings. The maximum Gasteiger partial charge on any atom is 0.123 e. The van der Waals surface area contributed by atoms with E-state index in [1.54, 1.807) is 0 Å². The summed E-state index contributed by atoms with van der Waals surface area (Å²) >= 11 is 0. The zero-order chi connectivity index (χ0) is 25.2. The van der Waals surface area contributed by atoms with E-state index < -0.39 is 0 Å². The molecule has 0 bridgehead atoms. The van der Waals surface area contributed by atoms with Crippen LogP contribution in [-0.2, 0) is 19.5 Å². The van der Waals surface area contributed by atoms with Gasteiger partial charge < -0.3 is 19.6 Å². The quantitative estimate of drug-likeness (QED) is 0.259. The van der Waals surface area contributed by atoms with Gasteiger partial charge in [-0.25, -0.2) is 9.97 Å². The normalized spacial score (nSPS) is 16.3. The lowest BCUT2D eigenvalue weighted by atomic mass is 9.97. The number of imidazole rings is 2. The third-order valence-electron chi connectivity index (χ3n) is 7.24. The topological polar surface area (TPSA) is 73.1 Å². The maximum absolute atomic E-state index is 6.43. The summed E-state index contributed by atoms with van der Waals surface area (Å²) in [5.74, 6) is 3.01. The summed E-state index contributed by atoms with van der Waals surface area (Å²) in [6.45, 7) is 12.0. The summed E-state index contributed by atoms with van der Waals surface area (Å²) in [4.78, 5) is 20.5. The van der Waals surface area contributed by atoms with Gasteiger partial charge in [0.1, 0.15) is 17.4 Å². The van der Waals surface area contributed by atoms with Gasteiger partial charge in [0.05, 0.1) is 18.7 Å². The number of aryl methyl sites for hydroxylation is 1. The number of nitrogens with zero attached hydrogens (tertiary/aromatic N) is 4. The van der Waals surface area contributed by atoms with Crippen molar-refractivity contribution in [3.63, 3.8) is 0 Å². The molecule has 2 atom stereocenters. The fourth-order valence-electron chi connectivity index (χ4n) is 5.29. The number of unbranched alkanes of at least 4 members (excludes halogenated alkanes) is 1. The lowest BCUT2D eigenvalue weighted by Gasteiger charge is -2.29. The van der Waals surface area contributed by atoms with Gasteiger partial charge >= 0.3 is 0 Å². The second-order valence-electron chi connectivity index (χ2n) is 10.1. The van der Waals surface area contributed by atoms with Gasteiger partial charge in [-0.3, -0.25) is 4.90 Å². The van der Waals surface area contributed by atoms with Gasteiger partial charge in [0, 0.05) is 31.3 Å². The lowest BCUT2D eigenvalue weighted by molar-refractivity contribution is 0.157. The number of hydrogen-bond acceptors (Lipinski definition) is 5. The van der Waals surface area contributed by atoms with Crippen molar-refractivity contribution in [2.75, 3.05) is 19.6 Å². The van der Waals surface area contributed by atoms with Crippen molar-refractivity contribution in [3.8, 4) is 5.75 Å². The summed E-state index contributed by atoms with van der Waals surface area (Å²) in [6, 6.07) is 6.89. The van der Waals surface area contributed by atoms with E-state index in [-0.39, 0.29) is 6.04 Å². The van der Waals surface area contributed by atoms with Crippen molar-refractivity contribution in [1.82, 2.24) is 29.7 Å². The lowest BCUT2D eigenvalue weighted by Crippen LogP contribution is -2.28. The summed E-state index contributed by atoms with van der Waals surface area (Å²) in [7, 11) is 0. The standard InChI is InChI=1S/C29H44N6O/c1-4-17-34(18-5-2)19-7-6-8-26-11-10-25-20-24(9-12-27(25)36-26)21-35(22-28-30-13-14-31-28)23(3)29-32-15-16-33-29/h9,12-16,20,23,26H,4-8,10-11,17-19,21-22H2,1-3H3,(H,30,31)(H,32,33). The highest BCUT2D eigenvalue weighted by Crippen LogP contribution is 2.31. The van der Waals surface area contributed by atoms with Gasteiger partial charge in [-0.15, -0.1) is 0 Å². The average molecular weight is 493 g/mol. The first-order valence-electron chi connectivity index (χ1n) is 13.9. The Morgan fingerprint density at radius 2 is 1.81 bits per heavy atom. The summed E-state index contributed by atoms with van der Waals surface area (Å²) < 4.78 is 6.43. The first-order chi connectivity index (χ1) is 17.7. The Bertz CT molecular complexity index is 997. The minimum absolute atomic E-state index is 0.146. The van der Waals surface area contributed by atoms with E-state index in [4.69, 9.17) is 4.74 Å². The zero-order valence-corrected chi connectivity index (χ0v) is 22.4. The van der Waals surface area contributed by atoms with Crippen molar-refractivity contribution < 1.29 is 4.74 Å². The predicted octanol–water partition coefficient (Wildman–Crippen LogP) is 5.88. The molecule has 0 saturated heterocycles. The highest BCUT2D eigenvalue weighted by Gasteiger charge is 2.23. The Hall–Kier alpha value is -2.64. The molecule has 0 radical (unpaired) electrons. The smallest absolute Gasteiger partial charge is 0.123 e. The Morgan fingerprint density at radius 3 is 2.53 bits per heavy atom. The van der Waals surface area contributed by atoms with Crippen LogP contribution < -0.4 is 4.74 Å². The van der Waals surface area contributed by atoms with Crippen LogP contribution in [-0.4, -0.2) is 55.5 Å². The maximum atomic E-state index is 6.43. The number of hydrogen-bond donors (Lipinski definition) is 2. The minimum Gasteiger partial charge on any atom is -0.490 e. The molecule has 0 fully saturated rings. The first-order valence-corrected chi connectivity index (χ1v) is 13.9. The number of fused-ring (bicyclic) bond motifs is 1. The Labute approximate surface area is 216 Å². The van der Waals surface area contributed by atoms with Gasteiger partial charge in [-0.2, -0.15) is 0 Å². The van der Waals surface area contributed by atoms with E-state index in [2.05, 4.69) is 68.7 Å². The summed E-state index contributed by atoms with van der Waals surface area (Å²) in [6.07, 6.45) is 16.1. The number of nitrogens with one attached hydrogen (secondary N) is 2. The number of ether oxygens (including phenoxy) is 1. The molecule has 1 aliphatic heterocycles. The number of benzene rings is 1. The van der Waals surface area contributed by atoms with Crippen molar-refractivity contribution in [2.24, 2.45) is 0 Å². The molecule has 2 aromatic heterocycles. The van der Waals surface area contributed by atoms with Crippen molar-refractivity contribution in [1.29, 1.82) is 0 Å². The third kappa shape index (κ3) is 7.43. The molecule has 3 aromatic rings. The Kier molecular flexibility index (Phi) is 9.99. The van der Waals surface area contributed by atoms with Crippen LogP contribution in [0.15, 0.2) is 43.0 Å². The number of rotatable bonds is 15. The highest BCUT2D eigenvalue weighted by atomic mass is 16.5. The molecule has 1 aromatic carbocycles. The molecular formula is C29H44N6O. The number of H-pyrrole nitrogens is 2. The molecule has 3 heterocycles. The van der Waals surface area contributed by atoms with Crippen LogP contribution in [0.2, 0.25) is 0 Å². The SMILES string of the molecule is CCCN(CCC)CCCCC1CCc2cc(CN(Cc3ncc[nH]3)C(C)c3ncc[nH]3)ccc2O1. The largest absolute Gasteiger partial charge is 0.490 e. The van der Waals surface area contributed by atoms with E-state index in [9.17, 15) is 0 Å². The van der Waals surface area contributed by atoms with Crippen LogP contribution in [0.3, 0.4) is 0 Å². The van der Waals surface area contributed by atoms with Crippen LogP contribution in [0, 0.1) is 0 Å². The molecule has 2 unspecified atom stereocenters. The van der Waals surface area contributed by atoms with E-state index >= 15 is 0 Å². The fraction of sp³-hybridized carbons (Fsp3) is 0.586. The van der Waals surface area contributed by atoms with Gasteiger partial charge in [0.2, 0.25) is 0 Å². The Balaban J connectivity index is 1.31. The summed E-state index contributed by atoms with van der Waals surface area (Å²) in [5, 5.41) is 0. The molecule has 4 rings (SSSR count). The molecule has 7 nitrogen and oxygen atoms in total. The molecule has 2 N–H and O–H groups in total. The molecular weight excluding hydrogens is 448 g/mol. The monoisotopic (exact) mass is 492 g/mol. The molecule has 36 heavy (non-hydrogen) atoms. The minimum atomic E-state index is 0.146. The van der Waals surface area contributed by atoms with Gasteiger partial charge in [-0.1, -0.05) is 26.0 Å². The second-order valence-corrected chi connectivity index (χ2v) is 10.1. The summed E-state index contributed by atoms with van der Waals surface area (Å²) in [5.41, 5.74) is 2.64. The molecule has 196 valence electrons. The Morgan fingerprint density at radius 1 is 1.00 bits per heavy atom. The van der Waals surface area contributed by atoms with Crippen LogP contribution in [0.25, 0.3) is 0 Å². The third-order valence-corrected chi connectivity index (χ3v) is 7.24. The van der Waals surface area contributed by atoms with Gasteiger partial charge in [0.25, 0.3) is 0 Å². The second kappa shape index (κ2) is 13.6. The van der Waals surface area contributed by atoms with Crippen molar-refractivity contribution >= 4 is 0 Å². The average Bonchev–Trinajstić information content (AvgIpc) is 3.61. The van der Waals surface area contributed by atoms with Crippen molar-refractivity contribution in [3.05, 3.63) is 65.8 Å². The number of aromatic nitrogens is 4. The number of aromatic amines is 2. The van der Waals surface area contributed by atoms with Crippen LogP contribution >= 0.6 is 0 Å². The molecule has 7 heteroatoms. The fourth-order valence-corrected chi connectivity index (χ4v) is 5.29. The highest BCUT2D eigenvalue weighted by molar-refractivity contribution is 5.39. The zero-order valence-electron chi connectivity index (χ0n) is 22.4. The van der Waals surface area contributed by atoms with Crippen LogP contribution in [0.5, 0.6) is 5.75 Å². The van der Waals surface area contributed by atoms with E-state index in [0.29, 0.717) is 6.10 Å². The van der Waals surface area contributed by atoms with Crippen LogP contribution in [0.4, 0.5) is 0 Å². The van der Waals surface area contributed by atoms with Crippen molar-refractivity contribution in [2.45, 2.75) is 91.0 Å². The first kappa shape index (κ1) is 26.4. The van der Waals surface area contributed by atoms with E-state index in [1.165, 1.54) is 56.4 Å². The molecule has 0 saturated carbocycles. The van der Waals surface area contributed by atoms with Gasteiger partial charge in [0.15, 0.2) is 0 Å².